The maximum atomic E-state index is 12.3. The zero-order chi connectivity index (χ0) is 15.2. The van der Waals surface area contributed by atoms with Gasteiger partial charge in [0.25, 0.3) is 0 Å². The van der Waals surface area contributed by atoms with Crippen LogP contribution in [0.1, 0.15) is 30.6 Å². The van der Waals surface area contributed by atoms with Crippen molar-refractivity contribution in [2.45, 2.75) is 44.3 Å². The summed E-state index contributed by atoms with van der Waals surface area (Å²) in [7, 11) is 6.02. The Labute approximate surface area is 132 Å². The van der Waals surface area contributed by atoms with Gasteiger partial charge in [-0.1, -0.05) is 6.07 Å². The topological polar surface area (TPSA) is 35.6 Å². The maximum Gasteiger partial charge on any atom is 0.236 e. The summed E-state index contributed by atoms with van der Waals surface area (Å²) < 4.78 is 0. The summed E-state index contributed by atoms with van der Waals surface area (Å²) in [5.74, 6) is 0.210. The molecule has 0 radical (unpaired) electrons. The van der Waals surface area contributed by atoms with Gasteiger partial charge in [0.1, 0.15) is 0 Å². The van der Waals surface area contributed by atoms with Crippen molar-refractivity contribution in [1.82, 2.24) is 15.1 Å². The van der Waals surface area contributed by atoms with E-state index >= 15 is 0 Å². The Bertz CT molecular complexity index is 427. The Balaban J connectivity index is 1.76. The van der Waals surface area contributed by atoms with Gasteiger partial charge in [0.15, 0.2) is 0 Å². The van der Waals surface area contributed by atoms with E-state index in [9.17, 15) is 4.79 Å². The lowest BCUT2D eigenvalue weighted by atomic mass is 9.90. The number of likely N-dealkylation sites (N-methyl/N-ethyl adjacent to an activating group) is 2. The van der Waals surface area contributed by atoms with E-state index < -0.39 is 0 Å². The van der Waals surface area contributed by atoms with E-state index in [0.717, 1.165) is 6.54 Å². The number of carbonyl (C=O) groups excluding carboxylic acids is 1. The van der Waals surface area contributed by atoms with Crippen LogP contribution in [0.4, 0.5) is 0 Å². The minimum Gasteiger partial charge on any atom is -0.340 e. The molecule has 1 aliphatic carbocycles. The third-order valence-corrected chi connectivity index (χ3v) is 5.37. The number of hydrogen-bond acceptors (Lipinski definition) is 4. The van der Waals surface area contributed by atoms with E-state index in [4.69, 9.17) is 0 Å². The first-order chi connectivity index (χ1) is 10.1. The molecule has 0 atom stereocenters. The molecular formula is C16H27N3OS. The first-order valence-electron chi connectivity index (χ1n) is 7.74. The maximum absolute atomic E-state index is 12.3. The summed E-state index contributed by atoms with van der Waals surface area (Å²) in [6.07, 6.45) is 4.79. The zero-order valence-corrected chi connectivity index (χ0v) is 14.2. The molecule has 1 aliphatic rings. The quantitative estimate of drug-likeness (QED) is 0.875. The lowest BCUT2D eigenvalue weighted by Crippen LogP contribution is -2.44. The van der Waals surface area contributed by atoms with Gasteiger partial charge in [-0.05, 0) is 51.2 Å². The third kappa shape index (κ3) is 4.80. The van der Waals surface area contributed by atoms with Crippen molar-refractivity contribution in [3.63, 3.8) is 0 Å². The lowest BCUT2D eigenvalue weighted by molar-refractivity contribution is -0.132. The Morgan fingerprint density at radius 3 is 2.62 bits per heavy atom. The van der Waals surface area contributed by atoms with Gasteiger partial charge in [-0.2, -0.15) is 0 Å². The fourth-order valence-corrected chi connectivity index (χ4v) is 3.75. The Kier molecular flexibility index (Phi) is 6.21. The van der Waals surface area contributed by atoms with Crippen LogP contribution in [0, 0.1) is 0 Å². The molecule has 1 aromatic heterocycles. The van der Waals surface area contributed by atoms with Crippen LogP contribution in [0.3, 0.4) is 0 Å². The van der Waals surface area contributed by atoms with Crippen LogP contribution in [0.15, 0.2) is 17.5 Å². The monoisotopic (exact) mass is 309 g/mol. The minimum absolute atomic E-state index is 0.210. The summed E-state index contributed by atoms with van der Waals surface area (Å²) in [5, 5.41) is 5.41. The number of hydrogen-bond donors (Lipinski definition) is 1. The number of rotatable bonds is 6. The van der Waals surface area contributed by atoms with Crippen molar-refractivity contribution >= 4 is 17.2 Å². The molecule has 0 aromatic carbocycles. The molecule has 2 rings (SSSR count). The zero-order valence-electron chi connectivity index (χ0n) is 13.3. The van der Waals surface area contributed by atoms with Crippen molar-refractivity contribution in [2.75, 3.05) is 27.7 Å². The van der Waals surface area contributed by atoms with Crippen LogP contribution in [0.2, 0.25) is 0 Å². The average Bonchev–Trinajstić information content (AvgIpc) is 3.00. The largest absolute Gasteiger partial charge is 0.340 e. The molecule has 1 aromatic rings. The second-order valence-electron chi connectivity index (χ2n) is 6.04. The highest BCUT2D eigenvalue weighted by molar-refractivity contribution is 7.09. The smallest absolute Gasteiger partial charge is 0.236 e. The van der Waals surface area contributed by atoms with E-state index in [2.05, 4.69) is 28.7 Å². The van der Waals surface area contributed by atoms with E-state index in [-0.39, 0.29) is 5.91 Å². The summed E-state index contributed by atoms with van der Waals surface area (Å²) in [6, 6.07) is 5.32. The predicted molar refractivity (Wildman–Crippen MR) is 88.5 cm³/mol. The summed E-state index contributed by atoms with van der Waals surface area (Å²) in [4.78, 5) is 17.6. The van der Waals surface area contributed by atoms with Crippen molar-refractivity contribution in [2.24, 2.45) is 0 Å². The van der Waals surface area contributed by atoms with Crippen LogP contribution >= 0.6 is 11.3 Å². The Morgan fingerprint density at radius 1 is 1.33 bits per heavy atom. The summed E-state index contributed by atoms with van der Waals surface area (Å²) in [6.45, 7) is 1.24. The molecule has 0 spiro atoms. The molecule has 118 valence electrons. The van der Waals surface area contributed by atoms with Crippen molar-refractivity contribution in [3.05, 3.63) is 22.4 Å². The van der Waals surface area contributed by atoms with Gasteiger partial charge in [-0.15, -0.1) is 11.3 Å². The van der Waals surface area contributed by atoms with Gasteiger partial charge >= 0.3 is 0 Å². The molecule has 1 amide bonds. The van der Waals surface area contributed by atoms with Gasteiger partial charge in [-0.3, -0.25) is 9.69 Å². The SMILES string of the molecule is CNC1CCC(N(C)CC(=O)N(C)Cc2cccs2)CC1. The first-order valence-corrected chi connectivity index (χ1v) is 8.62. The number of nitrogens with one attached hydrogen (secondary N) is 1. The standard InChI is InChI=1S/C16H27N3OS/c1-17-13-6-8-14(9-7-13)18(2)12-16(20)19(3)11-15-5-4-10-21-15/h4-5,10,13-14,17H,6-9,11-12H2,1-3H3. The van der Waals surface area contributed by atoms with Crippen molar-refractivity contribution in [1.29, 1.82) is 0 Å². The van der Waals surface area contributed by atoms with Gasteiger partial charge in [-0.25, -0.2) is 0 Å². The Morgan fingerprint density at radius 2 is 2.05 bits per heavy atom. The number of carbonyl (C=O) groups is 1. The number of amides is 1. The highest BCUT2D eigenvalue weighted by atomic mass is 32.1. The predicted octanol–water partition coefficient (Wildman–Crippen LogP) is 2.17. The average molecular weight is 309 g/mol. The van der Waals surface area contributed by atoms with Crippen LogP contribution in [0.5, 0.6) is 0 Å². The summed E-state index contributed by atoms with van der Waals surface area (Å²) in [5.41, 5.74) is 0. The molecule has 0 unspecified atom stereocenters. The van der Waals surface area contributed by atoms with Crippen molar-refractivity contribution < 1.29 is 4.79 Å². The molecule has 4 nitrogen and oxygen atoms in total. The lowest BCUT2D eigenvalue weighted by Gasteiger charge is -2.34. The van der Waals surface area contributed by atoms with Crippen LogP contribution in [-0.2, 0) is 11.3 Å². The van der Waals surface area contributed by atoms with Gasteiger partial charge in [0.05, 0.1) is 13.1 Å². The molecule has 1 heterocycles. The molecule has 1 saturated carbocycles. The number of thiophene rings is 1. The minimum atomic E-state index is 0.210. The van der Waals surface area contributed by atoms with Crippen LogP contribution in [0.25, 0.3) is 0 Å². The second-order valence-corrected chi connectivity index (χ2v) is 7.07. The molecule has 21 heavy (non-hydrogen) atoms. The van der Waals surface area contributed by atoms with E-state index in [1.807, 2.05) is 25.1 Å². The molecular weight excluding hydrogens is 282 g/mol. The third-order valence-electron chi connectivity index (χ3n) is 4.51. The summed E-state index contributed by atoms with van der Waals surface area (Å²) >= 11 is 1.70. The molecule has 1 N–H and O–H groups in total. The second kappa shape index (κ2) is 7.92. The van der Waals surface area contributed by atoms with Crippen LogP contribution < -0.4 is 5.32 Å². The fraction of sp³-hybridized carbons (Fsp3) is 0.688. The van der Waals surface area contributed by atoms with E-state index in [1.54, 1.807) is 11.3 Å². The molecule has 0 aliphatic heterocycles. The van der Waals surface area contributed by atoms with Crippen molar-refractivity contribution in [3.8, 4) is 0 Å². The highest BCUT2D eigenvalue weighted by Crippen LogP contribution is 2.22. The molecule has 5 heteroatoms. The normalized spacial score (nSPS) is 22.5. The van der Waals surface area contributed by atoms with Gasteiger partial charge in [0, 0.05) is 24.0 Å². The molecule has 1 fully saturated rings. The van der Waals surface area contributed by atoms with Gasteiger partial charge in [0.2, 0.25) is 5.91 Å². The van der Waals surface area contributed by atoms with Gasteiger partial charge < -0.3 is 10.2 Å². The highest BCUT2D eigenvalue weighted by Gasteiger charge is 2.24. The number of nitrogens with zero attached hydrogens (tertiary/aromatic N) is 2. The van der Waals surface area contributed by atoms with E-state index in [0.29, 0.717) is 18.6 Å². The van der Waals surface area contributed by atoms with E-state index in [1.165, 1.54) is 30.6 Å². The van der Waals surface area contributed by atoms with Crippen LogP contribution in [-0.4, -0.2) is 55.5 Å². The Hall–Kier alpha value is -0.910. The molecule has 0 saturated heterocycles. The first kappa shape index (κ1) is 16.5. The fourth-order valence-electron chi connectivity index (χ4n) is 2.99. The molecule has 0 bridgehead atoms.